The molecule has 1 heterocycles. The predicted molar refractivity (Wildman–Crippen MR) is 73.7 cm³/mol. The number of hydrogen-bond acceptors (Lipinski definition) is 3. The first-order valence-corrected chi connectivity index (χ1v) is 6.45. The second-order valence-electron chi connectivity index (χ2n) is 5.42. The van der Waals surface area contributed by atoms with Crippen LogP contribution >= 0.6 is 11.6 Å². The Kier molecular flexibility index (Phi) is 3.94. The molecular formula is C13H15ClF2N4. The number of benzene rings is 1. The van der Waals surface area contributed by atoms with Gasteiger partial charge in [0, 0.05) is 6.07 Å². The summed E-state index contributed by atoms with van der Waals surface area (Å²) in [4.78, 5) is 0. The van der Waals surface area contributed by atoms with Crippen molar-refractivity contribution in [1.82, 2.24) is 15.0 Å². The number of aromatic nitrogens is 3. The van der Waals surface area contributed by atoms with E-state index < -0.39 is 11.6 Å². The molecule has 0 saturated carbocycles. The first-order valence-electron chi connectivity index (χ1n) is 6.07. The van der Waals surface area contributed by atoms with E-state index in [0.29, 0.717) is 5.69 Å². The Labute approximate surface area is 120 Å². The fraction of sp³-hybridized carbons (Fsp3) is 0.385. The quantitative estimate of drug-likeness (QED) is 0.942. The maximum Gasteiger partial charge on any atom is 0.150 e. The average molecular weight is 301 g/mol. The zero-order valence-electron chi connectivity index (χ0n) is 11.4. The van der Waals surface area contributed by atoms with Crippen LogP contribution < -0.4 is 5.32 Å². The van der Waals surface area contributed by atoms with E-state index in [1.165, 1.54) is 0 Å². The van der Waals surface area contributed by atoms with Crippen molar-refractivity contribution in [3.05, 3.63) is 40.7 Å². The first-order chi connectivity index (χ1) is 9.27. The second kappa shape index (κ2) is 5.36. The second-order valence-corrected chi connectivity index (χ2v) is 5.83. The number of hydrogen-bond donors (Lipinski definition) is 1. The first kappa shape index (κ1) is 14.7. The summed E-state index contributed by atoms with van der Waals surface area (Å²) in [6.07, 6.45) is 1.77. The maximum absolute atomic E-state index is 13.6. The van der Waals surface area contributed by atoms with E-state index in [-0.39, 0.29) is 22.8 Å². The minimum Gasteiger partial charge on any atom is -0.376 e. The Bertz CT molecular complexity index is 596. The smallest absolute Gasteiger partial charge is 0.150 e. The molecule has 0 radical (unpaired) electrons. The summed E-state index contributed by atoms with van der Waals surface area (Å²) in [7, 11) is 0. The summed E-state index contributed by atoms with van der Waals surface area (Å²) in [5.74, 6) is -1.45. The van der Waals surface area contributed by atoms with E-state index >= 15 is 0 Å². The number of rotatable bonds is 3. The summed E-state index contributed by atoms with van der Waals surface area (Å²) in [5, 5.41) is 10.8. The Morgan fingerprint density at radius 3 is 2.55 bits per heavy atom. The molecule has 0 saturated heterocycles. The lowest BCUT2D eigenvalue weighted by Crippen LogP contribution is -2.22. The van der Waals surface area contributed by atoms with Gasteiger partial charge >= 0.3 is 0 Å². The molecule has 7 heteroatoms. The van der Waals surface area contributed by atoms with Crippen molar-refractivity contribution in [1.29, 1.82) is 0 Å². The maximum atomic E-state index is 13.6. The normalized spacial score (nSPS) is 11.7. The summed E-state index contributed by atoms with van der Waals surface area (Å²) >= 11 is 5.80. The van der Waals surface area contributed by atoms with Gasteiger partial charge in [0.15, 0.2) is 5.82 Å². The third-order valence-electron chi connectivity index (χ3n) is 2.68. The fourth-order valence-corrected chi connectivity index (χ4v) is 1.86. The molecule has 0 spiro atoms. The number of nitrogens with one attached hydrogen (secondary N) is 1. The van der Waals surface area contributed by atoms with Crippen molar-refractivity contribution in [2.24, 2.45) is 0 Å². The molecule has 108 valence electrons. The largest absolute Gasteiger partial charge is 0.376 e. The summed E-state index contributed by atoms with van der Waals surface area (Å²) < 4.78 is 28.2. The molecule has 2 aromatic rings. The van der Waals surface area contributed by atoms with Gasteiger partial charge in [-0.3, -0.25) is 0 Å². The topological polar surface area (TPSA) is 42.7 Å². The van der Waals surface area contributed by atoms with Gasteiger partial charge in [-0.1, -0.05) is 16.8 Å². The van der Waals surface area contributed by atoms with Crippen LogP contribution in [0.1, 0.15) is 26.5 Å². The average Bonchev–Trinajstić information content (AvgIpc) is 2.75. The van der Waals surface area contributed by atoms with E-state index in [9.17, 15) is 8.78 Å². The fourth-order valence-electron chi connectivity index (χ4n) is 1.60. The van der Waals surface area contributed by atoms with E-state index in [0.717, 1.165) is 12.1 Å². The molecule has 4 nitrogen and oxygen atoms in total. The van der Waals surface area contributed by atoms with Crippen LogP contribution in [-0.4, -0.2) is 15.0 Å². The number of halogens is 3. The van der Waals surface area contributed by atoms with Crippen LogP contribution in [-0.2, 0) is 12.1 Å². The number of anilines is 1. The monoisotopic (exact) mass is 300 g/mol. The molecule has 0 aliphatic rings. The molecule has 0 aliphatic heterocycles. The van der Waals surface area contributed by atoms with Gasteiger partial charge in [0.25, 0.3) is 0 Å². The van der Waals surface area contributed by atoms with Crippen LogP contribution in [0, 0.1) is 11.6 Å². The Balaban J connectivity index is 2.12. The summed E-state index contributed by atoms with van der Waals surface area (Å²) in [5.41, 5.74) is 0.516. The van der Waals surface area contributed by atoms with Gasteiger partial charge in [-0.2, -0.15) is 0 Å². The van der Waals surface area contributed by atoms with Crippen molar-refractivity contribution in [3.8, 4) is 0 Å². The van der Waals surface area contributed by atoms with Crippen LogP contribution in [0.25, 0.3) is 0 Å². The van der Waals surface area contributed by atoms with Crippen molar-refractivity contribution >= 4 is 17.3 Å². The minimum absolute atomic E-state index is 0.00860. The van der Waals surface area contributed by atoms with Crippen LogP contribution in [0.5, 0.6) is 0 Å². The van der Waals surface area contributed by atoms with E-state index in [4.69, 9.17) is 11.6 Å². The van der Waals surface area contributed by atoms with E-state index in [1.807, 2.05) is 20.8 Å². The van der Waals surface area contributed by atoms with Crippen molar-refractivity contribution in [2.45, 2.75) is 32.9 Å². The van der Waals surface area contributed by atoms with Crippen molar-refractivity contribution in [3.63, 3.8) is 0 Å². The predicted octanol–water partition coefficient (Wildman–Crippen LogP) is 3.58. The molecular weight excluding hydrogens is 286 g/mol. The molecule has 0 bridgehead atoms. The van der Waals surface area contributed by atoms with E-state index in [1.54, 1.807) is 10.9 Å². The van der Waals surface area contributed by atoms with Gasteiger partial charge < -0.3 is 5.32 Å². The highest BCUT2D eigenvalue weighted by Crippen LogP contribution is 2.26. The summed E-state index contributed by atoms with van der Waals surface area (Å²) in [6.45, 7) is 6.23. The SMILES string of the molecule is CC(C)(C)n1cc(CNc2c(F)cc(F)cc2Cl)nn1. The van der Waals surface area contributed by atoms with Crippen LogP contribution in [0.4, 0.5) is 14.5 Å². The van der Waals surface area contributed by atoms with Crippen LogP contribution in [0.3, 0.4) is 0 Å². The number of nitrogens with zero attached hydrogens (tertiary/aromatic N) is 3. The Morgan fingerprint density at radius 2 is 2.00 bits per heavy atom. The van der Waals surface area contributed by atoms with Gasteiger partial charge in [0.1, 0.15) is 11.5 Å². The lowest BCUT2D eigenvalue weighted by molar-refractivity contribution is 0.347. The van der Waals surface area contributed by atoms with Crippen molar-refractivity contribution in [2.75, 3.05) is 5.32 Å². The highest BCUT2D eigenvalue weighted by Gasteiger charge is 2.15. The molecule has 0 amide bonds. The molecule has 0 unspecified atom stereocenters. The lowest BCUT2D eigenvalue weighted by Gasteiger charge is -2.17. The molecule has 20 heavy (non-hydrogen) atoms. The van der Waals surface area contributed by atoms with Crippen LogP contribution in [0.15, 0.2) is 18.3 Å². The minimum atomic E-state index is -0.738. The van der Waals surface area contributed by atoms with Crippen LogP contribution in [0.2, 0.25) is 5.02 Å². The molecule has 0 fully saturated rings. The molecule has 2 rings (SSSR count). The molecule has 1 N–H and O–H groups in total. The molecule has 1 aromatic heterocycles. The Morgan fingerprint density at radius 1 is 1.30 bits per heavy atom. The van der Waals surface area contributed by atoms with Gasteiger partial charge in [0.2, 0.25) is 0 Å². The zero-order valence-corrected chi connectivity index (χ0v) is 12.2. The standard InChI is InChI=1S/C13H15ClF2N4/c1-13(2,3)20-7-9(18-19-20)6-17-12-10(14)4-8(15)5-11(12)16/h4-5,7,17H,6H2,1-3H3. The van der Waals surface area contributed by atoms with Gasteiger partial charge in [-0.05, 0) is 26.8 Å². The third kappa shape index (κ3) is 3.25. The van der Waals surface area contributed by atoms with E-state index in [2.05, 4.69) is 15.6 Å². The zero-order chi connectivity index (χ0) is 14.9. The van der Waals surface area contributed by atoms with Crippen molar-refractivity contribution < 1.29 is 8.78 Å². The lowest BCUT2D eigenvalue weighted by atomic mass is 10.1. The highest BCUT2D eigenvalue weighted by atomic mass is 35.5. The van der Waals surface area contributed by atoms with Gasteiger partial charge in [0.05, 0.1) is 29.0 Å². The molecule has 0 aliphatic carbocycles. The molecule has 0 atom stereocenters. The Hall–Kier alpha value is -1.69. The van der Waals surface area contributed by atoms with Gasteiger partial charge in [-0.15, -0.1) is 5.10 Å². The highest BCUT2D eigenvalue weighted by molar-refractivity contribution is 6.33. The summed E-state index contributed by atoms with van der Waals surface area (Å²) in [6, 6.07) is 1.83. The molecule has 1 aromatic carbocycles. The third-order valence-corrected chi connectivity index (χ3v) is 2.98. The van der Waals surface area contributed by atoms with Gasteiger partial charge in [-0.25, -0.2) is 13.5 Å².